The second kappa shape index (κ2) is 9.65. The molecule has 37 heavy (non-hydrogen) atoms. The monoisotopic (exact) mass is 531 g/mol. The van der Waals surface area contributed by atoms with E-state index in [4.69, 9.17) is 16.3 Å². The van der Waals surface area contributed by atoms with Gasteiger partial charge >= 0.3 is 0 Å². The minimum absolute atomic E-state index is 0.127. The van der Waals surface area contributed by atoms with Crippen molar-refractivity contribution in [2.75, 3.05) is 7.11 Å². The van der Waals surface area contributed by atoms with Crippen LogP contribution in [0.1, 0.15) is 42.4 Å². The van der Waals surface area contributed by atoms with Crippen molar-refractivity contribution in [3.05, 3.63) is 113 Å². The number of Topliss-reactive ketones (excluding diaryl/α,β-unsaturated/α-hetero) is 1. The van der Waals surface area contributed by atoms with Crippen LogP contribution in [0.4, 0.5) is 0 Å². The topological polar surface area (TPSA) is 65.6 Å². The van der Waals surface area contributed by atoms with Gasteiger partial charge in [-0.2, -0.15) is 0 Å². The molecule has 0 saturated carbocycles. The number of hydrogen-bond donors (Lipinski definition) is 0. The van der Waals surface area contributed by atoms with E-state index in [2.05, 4.69) is 15.6 Å². The van der Waals surface area contributed by atoms with Crippen LogP contribution < -0.4 is 19.6 Å². The smallest absolute Gasteiger partial charge is 0.271 e. The first kappa shape index (κ1) is 25.0. The highest BCUT2D eigenvalue weighted by molar-refractivity contribution is 7.07. The summed E-state index contributed by atoms with van der Waals surface area (Å²) >= 11 is 7.40. The molecule has 3 heterocycles. The number of carbonyl (C=O) groups excluding carboxylic acids is 1. The Hall–Kier alpha value is -3.68. The zero-order valence-electron chi connectivity index (χ0n) is 21.2. The molecule has 1 unspecified atom stereocenters. The van der Waals surface area contributed by atoms with Crippen LogP contribution in [-0.4, -0.2) is 22.0 Å². The van der Waals surface area contributed by atoms with Gasteiger partial charge in [-0.25, -0.2) is 4.99 Å². The molecule has 0 radical (unpaired) electrons. The predicted octanol–water partition coefficient (Wildman–Crippen LogP) is 4.89. The number of methoxy groups -OCH3 is 1. The maximum absolute atomic E-state index is 13.9. The van der Waals surface area contributed by atoms with E-state index >= 15 is 0 Å². The van der Waals surface area contributed by atoms with Gasteiger partial charge in [0, 0.05) is 38.9 Å². The Kier molecular flexibility index (Phi) is 6.52. The lowest BCUT2D eigenvalue weighted by Crippen LogP contribution is -2.39. The lowest BCUT2D eigenvalue weighted by Gasteiger charge is -2.25. The third kappa shape index (κ3) is 4.28. The second-order valence-corrected chi connectivity index (χ2v) is 10.5. The Morgan fingerprint density at radius 1 is 1.11 bits per heavy atom. The van der Waals surface area contributed by atoms with Crippen molar-refractivity contribution in [3.63, 3.8) is 0 Å². The number of allylic oxidation sites excluding steroid dienone is 2. The van der Waals surface area contributed by atoms with Crippen molar-refractivity contribution in [3.8, 4) is 11.4 Å². The summed E-state index contributed by atoms with van der Waals surface area (Å²) in [5.74, 6) is 0.486. The minimum atomic E-state index is -0.617. The van der Waals surface area contributed by atoms with E-state index in [1.54, 1.807) is 11.7 Å². The average molecular weight is 532 g/mol. The predicted molar refractivity (Wildman–Crippen MR) is 148 cm³/mol. The van der Waals surface area contributed by atoms with Gasteiger partial charge in [0.25, 0.3) is 5.56 Å². The molecule has 0 amide bonds. The molecule has 0 bridgehead atoms. The molecule has 0 saturated heterocycles. The summed E-state index contributed by atoms with van der Waals surface area (Å²) < 4.78 is 9.91. The number of rotatable bonds is 5. The van der Waals surface area contributed by atoms with E-state index in [1.807, 2.05) is 75.4 Å². The van der Waals surface area contributed by atoms with Crippen molar-refractivity contribution in [2.24, 2.45) is 4.99 Å². The summed E-state index contributed by atoms with van der Waals surface area (Å²) in [5.41, 5.74) is 5.64. The summed E-state index contributed by atoms with van der Waals surface area (Å²) in [5, 5.41) is 0.678. The molecule has 1 atom stereocenters. The van der Waals surface area contributed by atoms with Crippen LogP contribution in [0.15, 0.2) is 75.7 Å². The molecule has 1 aliphatic heterocycles. The largest absolute Gasteiger partial charge is 0.496 e. The first-order chi connectivity index (χ1) is 17.7. The van der Waals surface area contributed by atoms with Crippen molar-refractivity contribution < 1.29 is 9.53 Å². The lowest BCUT2D eigenvalue weighted by molar-refractivity contribution is -0.114. The van der Waals surface area contributed by atoms with Crippen LogP contribution in [0.3, 0.4) is 0 Å². The minimum Gasteiger partial charge on any atom is -0.496 e. The molecular formula is C29H26ClN3O3S. The van der Waals surface area contributed by atoms with Crippen LogP contribution in [0.5, 0.6) is 5.75 Å². The number of nitrogens with zero attached hydrogens (tertiary/aromatic N) is 3. The van der Waals surface area contributed by atoms with Crippen molar-refractivity contribution in [1.29, 1.82) is 0 Å². The van der Waals surface area contributed by atoms with Gasteiger partial charge in [0.05, 0.1) is 17.7 Å². The summed E-state index contributed by atoms with van der Waals surface area (Å²) in [6, 6.07) is 16.6. The molecule has 0 fully saturated rings. The molecule has 0 spiro atoms. The van der Waals surface area contributed by atoms with E-state index < -0.39 is 6.04 Å². The number of para-hydroxylation sites is 1. The first-order valence-corrected chi connectivity index (χ1v) is 13.0. The van der Waals surface area contributed by atoms with Crippen LogP contribution in [0.2, 0.25) is 5.02 Å². The SMILES string of the molecule is COc1ccccc1C1C(C(C)=O)=C(C)N=c2s/c(=C/c3cc(C)n(-c4ccc(Cl)cc4)c3C)c(=O)n21. The summed E-state index contributed by atoms with van der Waals surface area (Å²) in [4.78, 5) is 31.9. The molecule has 0 N–H and O–H groups in total. The molecule has 2 aromatic heterocycles. The van der Waals surface area contributed by atoms with Crippen LogP contribution in [0, 0.1) is 13.8 Å². The molecule has 8 heteroatoms. The number of aryl methyl sites for hydroxylation is 1. The molecule has 6 nitrogen and oxygen atoms in total. The van der Waals surface area contributed by atoms with Gasteiger partial charge in [0.15, 0.2) is 10.6 Å². The second-order valence-electron chi connectivity index (χ2n) is 9.02. The first-order valence-electron chi connectivity index (χ1n) is 11.8. The number of fused-ring (bicyclic) bond motifs is 1. The fourth-order valence-corrected chi connectivity index (χ4v) is 6.18. The van der Waals surface area contributed by atoms with Crippen molar-refractivity contribution in [1.82, 2.24) is 9.13 Å². The summed E-state index contributed by atoms with van der Waals surface area (Å²) in [6.07, 6.45) is 1.91. The van der Waals surface area contributed by atoms with E-state index in [1.165, 1.54) is 18.3 Å². The third-order valence-electron chi connectivity index (χ3n) is 6.68. The fraction of sp³-hybridized carbons (Fsp3) is 0.207. The molecule has 5 rings (SSSR count). The van der Waals surface area contributed by atoms with Gasteiger partial charge in [-0.1, -0.05) is 41.1 Å². The quantitative estimate of drug-likeness (QED) is 0.368. The van der Waals surface area contributed by atoms with Gasteiger partial charge in [0.2, 0.25) is 0 Å². The van der Waals surface area contributed by atoms with Gasteiger partial charge in [-0.3, -0.25) is 14.2 Å². The number of ketones is 1. The number of hydrogen-bond acceptors (Lipinski definition) is 5. The van der Waals surface area contributed by atoms with E-state index in [-0.39, 0.29) is 11.3 Å². The highest BCUT2D eigenvalue weighted by Crippen LogP contribution is 2.35. The van der Waals surface area contributed by atoms with E-state index in [0.717, 1.165) is 28.2 Å². The van der Waals surface area contributed by atoms with Crippen LogP contribution >= 0.6 is 22.9 Å². The summed E-state index contributed by atoms with van der Waals surface area (Å²) in [6.45, 7) is 7.39. The molecule has 4 aromatic rings. The van der Waals surface area contributed by atoms with Crippen LogP contribution in [0.25, 0.3) is 11.8 Å². The Morgan fingerprint density at radius 3 is 2.49 bits per heavy atom. The molecular weight excluding hydrogens is 506 g/mol. The van der Waals surface area contributed by atoms with Crippen molar-refractivity contribution in [2.45, 2.75) is 33.7 Å². The van der Waals surface area contributed by atoms with Gasteiger partial charge < -0.3 is 9.30 Å². The average Bonchev–Trinajstić information content (AvgIpc) is 3.33. The third-order valence-corrected chi connectivity index (χ3v) is 7.91. The number of benzene rings is 2. The molecule has 2 aromatic carbocycles. The van der Waals surface area contributed by atoms with Crippen LogP contribution in [-0.2, 0) is 4.79 Å². The van der Waals surface area contributed by atoms with E-state index in [9.17, 15) is 9.59 Å². The Balaban J connectivity index is 1.72. The molecule has 0 aliphatic carbocycles. The zero-order valence-corrected chi connectivity index (χ0v) is 22.8. The highest BCUT2D eigenvalue weighted by Gasteiger charge is 2.32. The van der Waals surface area contributed by atoms with Gasteiger partial charge in [-0.05, 0) is 75.7 Å². The highest BCUT2D eigenvalue weighted by atomic mass is 35.5. The Morgan fingerprint density at radius 2 is 1.81 bits per heavy atom. The van der Waals surface area contributed by atoms with E-state index in [0.29, 0.717) is 31.4 Å². The number of carbonyl (C=O) groups is 1. The Labute approximate surface area is 223 Å². The van der Waals surface area contributed by atoms with Gasteiger partial charge in [0.1, 0.15) is 5.75 Å². The number of ether oxygens (including phenoxy) is 1. The number of halogens is 1. The van der Waals surface area contributed by atoms with Crippen molar-refractivity contribution >= 4 is 34.8 Å². The zero-order chi connectivity index (χ0) is 26.4. The maximum Gasteiger partial charge on any atom is 0.271 e. The maximum atomic E-state index is 13.9. The Bertz CT molecular complexity index is 1760. The van der Waals surface area contributed by atoms with Gasteiger partial charge in [-0.15, -0.1) is 0 Å². The standard InChI is InChI=1S/C29H26ClN3O3S/c1-16-14-20(18(3)32(16)22-12-10-21(30)11-13-22)15-25-28(35)33-27(23-8-6-7-9-24(23)36-5)26(19(4)34)17(2)31-29(33)37-25/h6-15,27H,1-5H3/b25-15+. The fourth-order valence-electron chi connectivity index (χ4n) is 5.02. The number of aromatic nitrogens is 2. The normalized spacial score (nSPS) is 15.5. The summed E-state index contributed by atoms with van der Waals surface area (Å²) in [7, 11) is 1.59. The lowest BCUT2D eigenvalue weighted by atomic mass is 9.93. The molecule has 1 aliphatic rings. The number of thiazole rings is 1. The molecule has 188 valence electrons.